The second-order valence-electron chi connectivity index (χ2n) is 5.65. The molecule has 1 atom stereocenters. The Morgan fingerprint density at radius 1 is 1.05 bits per heavy atom. The molecule has 2 heterocycles. The van der Waals surface area contributed by atoms with E-state index in [0.717, 1.165) is 31.4 Å². The second kappa shape index (κ2) is 4.40. The SMILES string of the molecule is C1=NC2(CCc3ccc(-c4cncnc4)cc3C2)CN1. The van der Waals surface area contributed by atoms with E-state index < -0.39 is 0 Å². The van der Waals surface area contributed by atoms with Gasteiger partial charge in [-0.05, 0) is 36.0 Å². The highest BCUT2D eigenvalue weighted by atomic mass is 15.1. The summed E-state index contributed by atoms with van der Waals surface area (Å²) in [6.45, 7) is 0.963. The van der Waals surface area contributed by atoms with Crippen LogP contribution in [0.4, 0.5) is 0 Å². The fourth-order valence-corrected chi connectivity index (χ4v) is 3.20. The van der Waals surface area contributed by atoms with E-state index in [2.05, 4.69) is 38.5 Å². The van der Waals surface area contributed by atoms with Gasteiger partial charge in [0.1, 0.15) is 6.33 Å². The molecule has 4 rings (SSSR count). The van der Waals surface area contributed by atoms with Crippen LogP contribution in [0.3, 0.4) is 0 Å². The van der Waals surface area contributed by atoms with Crippen LogP contribution in [-0.4, -0.2) is 28.4 Å². The Kier molecular flexibility index (Phi) is 2.55. The summed E-state index contributed by atoms with van der Waals surface area (Å²) < 4.78 is 0. The molecule has 0 amide bonds. The highest BCUT2D eigenvalue weighted by Crippen LogP contribution is 2.34. The summed E-state index contributed by atoms with van der Waals surface area (Å²) in [6.07, 6.45) is 10.4. The molecule has 0 saturated heterocycles. The maximum Gasteiger partial charge on any atom is 0.115 e. The van der Waals surface area contributed by atoms with Crippen molar-refractivity contribution in [3.05, 3.63) is 48.0 Å². The Hall–Kier alpha value is -2.23. The molecule has 4 nitrogen and oxygen atoms in total. The molecule has 100 valence electrons. The molecule has 0 radical (unpaired) electrons. The van der Waals surface area contributed by atoms with Gasteiger partial charge in [-0.25, -0.2) is 9.97 Å². The van der Waals surface area contributed by atoms with Crippen LogP contribution in [0.1, 0.15) is 17.5 Å². The van der Waals surface area contributed by atoms with Crippen molar-refractivity contribution in [2.45, 2.75) is 24.8 Å². The van der Waals surface area contributed by atoms with Gasteiger partial charge < -0.3 is 5.32 Å². The van der Waals surface area contributed by atoms with Crippen molar-refractivity contribution in [2.75, 3.05) is 6.54 Å². The Morgan fingerprint density at radius 3 is 2.75 bits per heavy atom. The van der Waals surface area contributed by atoms with Crippen molar-refractivity contribution in [1.29, 1.82) is 0 Å². The lowest BCUT2D eigenvalue weighted by molar-refractivity contribution is 0.394. The molecular formula is C16H16N4. The zero-order chi connectivity index (χ0) is 13.4. The number of aliphatic imine (C=N–C) groups is 1. The van der Waals surface area contributed by atoms with Crippen LogP contribution in [0.5, 0.6) is 0 Å². The van der Waals surface area contributed by atoms with Gasteiger partial charge in [0.25, 0.3) is 0 Å². The topological polar surface area (TPSA) is 50.2 Å². The van der Waals surface area contributed by atoms with Gasteiger partial charge in [-0.2, -0.15) is 0 Å². The minimum atomic E-state index is 0.0822. The van der Waals surface area contributed by atoms with Gasteiger partial charge in [0.2, 0.25) is 0 Å². The zero-order valence-corrected chi connectivity index (χ0v) is 11.2. The van der Waals surface area contributed by atoms with Crippen molar-refractivity contribution in [1.82, 2.24) is 15.3 Å². The van der Waals surface area contributed by atoms with Gasteiger partial charge in [0, 0.05) is 24.5 Å². The average Bonchev–Trinajstić information content (AvgIpc) is 2.95. The first kappa shape index (κ1) is 11.6. The molecule has 2 aliphatic rings. The number of aromatic nitrogens is 2. The fourth-order valence-electron chi connectivity index (χ4n) is 3.20. The Labute approximate surface area is 118 Å². The first-order valence-electron chi connectivity index (χ1n) is 6.99. The highest BCUT2D eigenvalue weighted by molar-refractivity contribution is 5.64. The normalized spacial score (nSPS) is 23.6. The largest absolute Gasteiger partial charge is 0.374 e. The van der Waals surface area contributed by atoms with Crippen molar-refractivity contribution >= 4 is 6.34 Å². The minimum absolute atomic E-state index is 0.0822. The Balaban J connectivity index is 1.72. The quantitative estimate of drug-likeness (QED) is 0.857. The molecule has 1 N–H and O–H groups in total. The maximum absolute atomic E-state index is 4.67. The summed E-state index contributed by atoms with van der Waals surface area (Å²) in [5, 5.41) is 3.25. The summed E-state index contributed by atoms with van der Waals surface area (Å²) in [6, 6.07) is 6.70. The third-order valence-corrected chi connectivity index (χ3v) is 4.34. The molecule has 2 aromatic rings. The zero-order valence-electron chi connectivity index (χ0n) is 11.2. The molecule has 4 heteroatoms. The van der Waals surface area contributed by atoms with E-state index in [-0.39, 0.29) is 5.54 Å². The first-order valence-corrected chi connectivity index (χ1v) is 6.99. The lowest BCUT2D eigenvalue weighted by Crippen LogP contribution is -2.38. The molecule has 1 aromatic carbocycles. The molecule has 1 spiro atoms. The highest BCUT2D eigenvalue weighted by Gasteiger charge is 2.35. The Bertz CT molecular complexity index is 665. The molecule has 0 bridgehead atoms. The lowest BCUT2D eigenvalue weighted by Gasteiger charge is -2.31. The van der Waals surface area contributed by atoms with Gasteiger partial charge in [0.15, 0.2) is 0 Å². The van der Waals surface area contributed by atoms with Crippen LogP contribution in [0.25, 0.3) is 11.1 Å². The number of nitrogens with one attached hydrogen (secondary N) is 1. The van der Waals surface area contributed by atoms with Crippen LogP contribution in [0.2, 0.25) is 0 Å². The second-order valence-corrected chi connectivity index (χ2v) is 5.65. The van der Waals surface area contributed by atoms with Crippen LogP contribution in [0.15, 0.2) is 41.9 Å². The summed E-state index contributed by atoms with van der Waals surface area (Å²) in [7, 11) is 0. The number of hydrogen-bond acceptors (Lipinski definition) is 4. The smallest absolute Gasteiger partial charge is 0.115 e. The van der Waals surface area contributed by atoms with Gasteiger partial charge in [-0.15, -0.1) is 0 Å². The van der Waals surface area contributed by atoms with Gasteiger partial charge in [0.05, 0.1) is 11.9 Å². The lowest BCUT2D eigenvalue weighted by atomic mass is 9.78. The van der Waals surface area contributed by atoms with Crippen LogP contribution in [0, 0.1) is 0 Å². The van der Waals surface area contributed by atoms with Crippen molar-refractivity contribution < 1.29 is 0 Å². The monoisotopic (exact) mass is 264 g/mol. The van der Waals surface area contributed by atoms with E-state index in [0.29, 0.717) is 0 Å². The van der Waals surface area contributed by atoms with Crippen molar-refractivity contribution in [3.63, 3.8) is 0 Å². The van der Waals surface area contributed by atoms with Gasteiger partial charge in [-0.3, -0.25) is 4.99 Å². The fraction of sp³-hybridized carbons (Fsp3) is 0.312. The molecule has 1 aliphatic carbocycles. The number of aryl methyl sites for hydroxylation is 1. The van der Waals surface area contributed by atoms with E-state index in [4.69, 9.17) is 0 Å². The average molecular weight is 264 g/mol. The third kappa shape index (κ3) is 1.88. The molecule has 1 aromatic heterocycles. The standard InChI is InChI=1S/C16H16N4/c1-2-13(15-7-17-10-18-8-15)5-14-6-16(4-3-12(1)14)9-19-11-20-16/h1-2,5,7-8,10-11H,3-4,6,9H2,(H,19,20). The third-order valence-electron chi connectivity index (χ3n) is 4.34. The number of benzene rings is 1. The van der Waals surface area contributed by atoms with E-state index in [1.54, 1.807) is 6.33 Å². The predicted molar refractivity (Wildman–Crippen MR) is 78.7 cm³/mol. The molecule has 1 aliphatic heterocycles. The predicted octanol–water partition coefficient (Wildman–Crippen LogP) is 2.00. The van der Waals surface area contributed by atoms with Gasteiger partial charge in [-0.1, -0.05) is 18.2 Å². The summed E-state index contributed by atoms with van der Waals surface area (Å²) >= 11 is 0. The van der Waals surface area contributed by atoms with Gasteiger partial charge >= 0.3 is 0 Å². The van der Waals surface area contributed by atoms with E-state index in [1.165, 1.54) is 16.7 Å². The van der Waals surface area contributed by atoms with Crippen LogP contribution >= 0.6 is 0 Å². The maximum atomic E-state index is 4.67. The number of nitrogens with zero attached hydrogens (tertiary/aromatic N) is 3. The number of hydrogen-bond donors (Lipinski definition) is 1. The van der Waals surface area contributed by atoms with E-state index >= 15 is 0 Å². The number of rotatable bonds is 1. The summed E-state index contributed by atoms with van der Waals surface area (Å²) in [4.78, 5) is 12.9. The number of fused-ring (bicyclic) bond motifs is 1. The van der Waals surface area contributed by atoms with Crippen molar-refractivity contribution in [3.8, 4) is 11.1 Å². The minimum Gasteiger partial charge on any atom is -0.374 e. The van der Waals surface area contributed by atoms with Crippen LogP contribution < -0.4 is 5.32 Å². The summed E-state index contributed by atoms with van der Waals surface area (Å²) in [5.74, 6) is 0. The van der Waals surface area contributed by atoms with E-state index in [1.807, 2.05) is 18.7 Å². The van der Waals surface area contributed by atoms with Crippen molar-refractivity contribution in [2.24, 2.45) is 4.99 Å². The molecular weight excluding hydrogens is 248 g/mol. The molecule has 0 fully saturated rings. The first-order chi connectivity index (χ1) is 9.85. The van der Waals surface area contributed by atoms with E-state index in [9.17, 15) is 0 Å². The van der Waals surface area contributed by atoms with Crippen LogP contribution in [-0.2, 0) is 12.8 Å². The summed E-state index contributed by atoms with van der Waals surface area (Å²) in [5.41, 5.74) is 5.22. The Morgan fingerprint density at radius 2 is 1.95 bits per heavy atom. The molecule has 20 heavy (non-hydrogen) atoms. The molecule has 1 unspecified atom stereocenters. The molecule has 0 saturated carbocycles.